The minimum Gasteiger partial charge on any atom is -0.204 e. The summed E-state index contributed by atoms with van der Waals surface area (Å²) in [5.41, 5.74) is 0.544. The maximum Gasteiger partial charge on any atom is 0.162 e. The second kappa shape index (κ2) is 4.77. The van der Waals surface area contributed by atoms with Crippen molar-refractivity contribution in [3.8, 4) is 0 Å². The van der Waals surface area contributed by atoms with Crippen LogP contribution in [-0.2, 0) is 0 Å². The van der Waals surface area contributed by atoms with Crippen molar-refractivity contribution in [3.05, 3.63) is 48.1 Å². The predicted octanol–water partition coefficient (Wildman–Crippen LogP) is 4.42. The number of hydrogen-bond donors (Lipinski definition) is 0. The van der Waals surface area contributed by atoms with Gasteiger partial charge in [0.15, 0.2) is 11.6 Å². The quantitative estimate of drug-likeness (QED) is 0.649. The van der Waals surface area contributed by atoms with Crippen molar-refractivity contribution in [1.29, 1.82) is 0 Å². The van der Waals surface area contributed by atoms with Gasteiger partial charge in [-0.3, -0.25) is 0 Å². The fourth-order valence-electron chi connectivity index (χ4n) is 2.50. The summed E-state index contributed by atoms with van der Waals surface area (Å²) in [5.74, 6) is -0.673. The van der Waals surface area contributed by atoms with Gasteiger partial charge in [-0.25, -0.2) is 8.78 Å². The molecule has 0 aromatic heterocycles. The fraction of sp³-hybridized carbons (Fsp3) is 0.429. The van der Waals surface area contributed by atoms with Gasteiger partial charge in [-0.1, -0.05) is 18.2 Å². The van der Waals surface area contributed by atoms with Gasteiger partial charge in [0, 0.05) is 0 Å². The van der Waals surface area contributed by atoms with Crippen molar-refractivity contribution in [1.82, 2.24) is 0 Å². The van der Waals surface area contributed by atoms with E-state index >= 15 is 0 Å². The monoisotopic (exact) mass is 222 g/mol. The van der Waals surface area contributed by atoms with E-state index in [9.17, 15) is 8.78 Å². The van der Waals surface area contributed by atoms with E-state index in [-0.39, 0.29) is 5.92 Å². The average Bonchev–Trinajstić information content (AvgIpc) is 2.33. The van der Waals surface area contributed by atoms with Crippen LogP contribution in [-0.4, -0.2) is 0 Å². The van der Waals surface area contributed by atoms with Crippen LogP contribution in [0.5, 0.6) is 0 Å². The average molecular weight is 222 g/mol. The zero-order chi connectivity index (χ0) is 11.5. The molecule has 86 valence electrons. The lowest BCUT2D eigenvalue weighted by Gasteiger charge is -2.27. The Hall–Kier alpha value is -1.18. The third-order valence-corrected chi connectivity index (χ3v) is 3.53. The number of hydrogen-bond acceptors (Lipinski definition) is 0. The van der Waals surface area contributed by atoms with Crippen LogP contribution in [0.15, 0.2) is 30.9 Å². The Labute approximate surface area is 95.0 Å². The van der Waals surface area contributed by atoms with Gasteiger partial charge in [-0.2, -0.15) is 0 Å². The Kier molecular flexibility index (Phi) is 3.37. The molecule has 0 nitrogen and oxygen atoms in total. The summed E-state index contributed by atoms with van der Waals surface area (Å²) in [5, 5.41) is 0. The van der Waals surface area contributed by atoms with E-state index in [4.69, 9.17) is 0 Å². The molecule has 1 aromatic rings. The van der Waals surface area contributed by atoms with Crippen LogP contribution >= 0.6 is 0 Å². The second-order valence-electron chi connectivity index (χ2n) is 4.49. The topological polar surface area (TPSA) is 0 Å². The molecular formula is C14H16F2. The van der Waals surface area contributed by atoms with Gasteiger partial charge in [0.25, 0.3) is 0 Å². The molecule has 0 heterocycles. The van der Waals surface area contributed by atoms with Crippen molar-refractivity contribution in [3.63, 3.8) is 0 Å². The van der Waals surface area contributed by atoms with E-state index in [1.165, 1.54) is 6.07 Å². The molecule has 0 unspecified atom stereocenters. The molecule has 0 atom stereocenters. The van der Waals surface area contributed by atoms with Gasteiger partial charge >= 0.3 is 0 Å². The number of allylic oxidation sites excluding steroid dienone is 1. The number of halogens is 2. The zero-order valence-electron chi connectivity index (χ0n) is 9.26. The SMILES string of the molecule is C=CC1CCC(c2cccc(F)c2F)CC1. The number of rotatable bonds is 2. The lowest BCUT2D eigenvalue weighted by Crippen LogP contribution is -2.13. The molecule has 0 N–H and O–H groups in total. The van der Waals surface area contributed by atoms with Crippen molar-refractivity contribution in [2.75, 3.05) is 0 Å². The molecule has 0 aliphatic heterocycles. The van der Waals surface area contributed by atoms with Crippen LogP contribution in [0.4, 0.5) is 8.78 Å². The Bertz CT molecular complexity index is 376. The summed E-state index contributed by atoms with van der Waals surface area (Å²) in [4.78, 5) is 0. The van der Waals surface area contributed by atoms with Gasteiger partial charge in [0.1, 0.15) is 0 Å². The summed E-state index contributed by atoms with van der Waals surface area (Å²) < 4.78 is 26.7. The molecule has 1 aromatic carbocycles. The highest BCUT2D eigenvalue weighted by Gasteiger charge is 2.23. The van der Waals surface area contributed by atoms with Crippen LogP contribution in [0, 0.1) is 17.6 Å². The first-order valence-corrected chi connectivity index (χ1v) is 5.79. The smallest absolute Gasteiger partial charge is 0.162 e. The van der Waals surface area contributed by atoms with Gasteiger partial charge in [-0.15, -0.1) is 6.58 Å². The van der Waals surface area contributed by atoms with Crippen LogP contribution < -0.4 is 0 Å². The van der Waals surface area contributed by atoms with Crippen LogP contribution in [0.2, 0.25) is 0 Å². The fourth-order valence-corrected chi connectivity index (χ4v) is 2.50. The van der Waals surface area contributed by atoms with E-state index in [0.29, 0.717) is 11.5 Å². The normalized spacial score (nSPS) is 25.4. The van der Waals surface area contributed by atoms with Crippen LogP contribution in [0.3, 0.4) is 0 Å². The third kappa shape index (κ3) is 2.16. The molecule has 16 heavy (non-hydrogen) atoms. The number of benzene rings is 1. The van der Waals surface area contributed by atoms with Crippen molar-refractivity contribution in [2.45, 2.75) is 31.6 Å². The van der Waals surface area contributed by atoms with Gasteiger partial charge in [-0.05, 0) is 49.1 Å². The maximum absolute atomic E-state index is 13.6. The summed E-state index contributed by atoms with van der Waals surface area (Å²) in [7, 11) is 0. The first-order chi connectivity index (χ1) is 7.72. The van der Waals surface area contributed by atoms with Crippen molar-refractivity contribution < 1.29 is 8.78 Å². The standard InChI is InChI=1S/C14H16F2/c1-2-10-6-8-11(9-7-10)12-4-3-5-13(15)14(12)16/h2-5,10-11H,1,6-9H2. The van der Waals surface area contributed by atoms with Crippen LogP contribution in [0.1, 0.15) is 37.2 Å². The molecule has 0 saturated heterocycles. The predicted molar refractivity (Wildman–Crippen MR) is 61.3 cm³/mol. The lowest BCUT2D eigenvalue weighted by molar-refractivity contribution is 0.364. The molecule has 2 heteroatoms. The molecule has 0 bridgehead atoms. The summed E-state index contributed by atoms with van der Waals surface area (Å²) in [6.07, 6.45) is 5.89. The summed E-state index contributed by atoms with van der Waals surface area (Å²) in [6.45, 7) is 3.78. The first kappa shape index (κ1) is 11.3. The largest absolute Gasteiger partial charge is 0.204 e. The van der Waals surface area contributed by atoms with Gasteiger partial charge in [0.05, 0.1) is 0 Å². The third-order valence-electron chi connectivity index (χ3n) is 3.53. The highest BCUT2D eigenvalue weighted by Crippen LogP contribution is 2.37. The minimum absolute atomic E-state index is 0.173. The summed E-state index contributed by atoms with van der Waals surface area (Å²) in [6, 6.07) is 4.47. The van der Waals surface area contributed by atoms with Crippen molar-refractivity contribution in [2.24, 2.45) is 5.92 Å². The Morgan fingerprint density at radius 3 is 2.44 bits per heavy atom. The Balaban J connectivity index is 2.14. The molecule has 2 rings (SSSR count). The van der Waals surface area contributed by atoms with Gasteiger partial charge < -0.3 is 0 Å². The Morgan fingerprint density at radius 2 is 1.81 bits per heavy atom. The van der Waals surface area contributed by atoms with E-state index in [1.54, 1.807) is 12.1 Å². The summed E-state index contributed by atoms with van der Waals surface area (Å²) >= 11 is 0. The Morgan fingerprint density at radius 1 is 1.12 bits per heavy atom. The molecule has 1 saturated carbocycles. The van der Waals surface area contributed by atoms with Crippen LogP contribution in [0.25, 0.3) is 0 Å². The molecular weight excluding hydrogens is 206 g/mol. The second-order valence-corrected chi connectivity index (χ2v) is 4.49. The van der Waals surface area contributed by atoms with E-state index in [1.807, 2.05) is 6.08 Å². The molecule has 1 aliphatic carbocycles. The first-order valence-electron chi connectivity index (χ1n) is 5.79. The molecule has 0 radical (unpaired) electrons. The zero-order valence-corrected chi connectivity index (χ0v) is 9.26. The molecule has 0 amide bonds. The maximum atomic E-state index is 13.6. The highest BCUT2D eigenvalue weighted by atomic mass is 19.2. The van der Waals surface area contributed by atoms with Gasteiger partial charge in [0.2, 0.25) is 0 Å². The van der Waals surface area contributed by atoms with Crippen molar-refractivity contribution >= 4 is 0 Å². The minimum atomic E-state index is -0.733. The van der Waals surface area contributed by atoms with E-state index < -0.39 is 11.6 Å². The van der Waals surface area contributed by atoms with E-state index in [0.717, 1.165) is 25.7 Å². The molecule has 0 spiro atoms. The lowest BCUT2D eigenvalue weighted by atomic mass is 9.78. The highest BCUT2D eigenvalue weighted by molar-refractivity contribution is 5.23. The molecule has 1 aliphatic rings. The molecule has 1 fully saturated rings. The van der Waals surface area contributed by atoms with E-state index in [2.05, 4.69) is 6.58 Å².